The Morgan fingerprint density at radius 3 is 2.46 bits per heavy atom. The number of benzene rings is 1. The Bertz CT molecular complexity index is 1320. The number of hydrogen-bond acceptors (Lipinski definition) is 5. The third-order valence-corrected chi connectivity index (χ3v) is 5.73. The SMILES string of the molecule is CC/C(C)=C/c1c(/C=C(\C)c2cccc(C=O)c2C)c(-c2cnn(C)c2)nn1C(=O)OC(C)(C)C. The lowest BCUT2D eigenvalue weighted by Crippen LogP contribution is -2.28. The molecule has 0 aliphatic rings. The van der Waals surface area contributed by atoms with E-state index < -0.39 is 11.7 Å². The highest BCUT2D eigenvalue weighted by Crippen LogP contribution is 2.32. The number of aryl methyl sites for hydroxylation is 1. The van der Waals surface area contributed by atoms with Gasteiger partial charge in [0, 0.05) is 29.9 Å². The highest BCUT2D eigenvalue weighted by Gasteiger charge is 2.26. The van der Waals surface area contributed by atoms with Crippen LogP contribution < -0.4 is 0 Å². The van der Waals surface area contributed by atoms with Gasteiger partial charge in [0.25, 0.3) is 0 Å². The molecule has 0 N–H and O–H groups in total. The summed E-state index contributed by atoms with van der Waals surface area (Å²) >= 11 is 0. The first-order chi connectivity index (χ1) is 16.4. The predicted octanol–water partition coefficient (Wildman–Crippen LogP) is 6.56. The number of nitrogens with zero attached hydrogens (tertiary/aromatic N) is 4. The second-order valence-electron chi connectivity index (χ2n) is 9.75. The first-order valence-corrected chi connectivity index (χ1v) is 11.7. The molecule has 0 radical (unpaired) electrons. The van der Waals surface area contributed by atoms with E-state index in [0.29, 0.717) is 17.0 Å². The van der Waals surface area contributed by atoms with Gasteiger partial charge in [-0.05, 0) is 76.8 Å². The van der Waals surface area contributed by atoms with E-state index in [0.717, 1.165) is 46.1 Å². The van der Waals surface area contributed by atoms with E-state index in [9.17, 15) is 9.59 Å². The highest BCUT2D eigenvalue weighted by atomic mass is 16.6. The molecule has 0 atom stereocenters. The fourth-order valence-electron chi connectivity index (χ4n) is 3.76. The normalized spacial score (nSPS) is 12.7. The Kier molecular flexibility index (Phi) is 7.58. The lowest BCUT2D eigenvalue weighted by Gasteiger charge is -2.19. The van der Waals surface area contributed by atoms with Crippen molar-refractivity contribution in [3.63, 3.8) is 0 Å². The molecule has 0 unspecified atom stereocenters. The fraction of sp³-hybridized carbons (Fsp3) is 0.357. The number of carbonyl (C=O) groups excluding carboxylic acids is 2. The van der Waals surface area contributed by atoms with Crippen LogP contribution in [0.1, 0.15) is 80.7 Å². The minimum absolute atomic E-state index is 0.547. The van der Waals surface area contributed by atoms with Gasteiger partial charge < -0.3 is 4.74 Å². The number of rotatable bonds is 6. The Balaban J connectivity index is 2.33. The summed E-state index contributed by atoms with van der Waals surface area (Å²) in [6, 6.07) is 5.67. The molecule has 7 nitrogen and oxygen atoms in total. The molecule has 0 bridgehead atoms. The lowest BCUT2D eigenvalue weighted by molar-refractivity contribution is 0.0513. The van der Waals surface area contributed by atoms with Crippen molar-refractivity contribution in [2.45, 2.75) is 60.5 Å². The quantitative estimate of drug-likeness (QED) is 0.378. The van der Waals surface area contributed by atoms with E-state index in [4.69, 9.17) is 9.84 Å². The van der Waals surface area contributed by atoms with Crippen LogP contribution in [-0.2, 0) is 11.8 Å². The zero-order valence-corrected chi connectivity index (χ0v) is 21.8. The van der Waals surface area contributed by atoms with Gasteiger partial charge in [-0.15, -0.1) is 0 Å². The molecular formula is C28H34N4O3. The van der Waals surface area contributed by atoms with Crippen LogP contribution >= 0.6 is 0 Å². The molecule has 0 amide bonds. The van der Waals surface area contributed by atoms with Gasteiger partial charge in [0.05, 0.1) is 11.9 Å². The van der Waals surface area contributed by atoms with Crippen LogP contribution in [0.4, 0.5) is 4.79 Å². The summed E-state index contributed by atoms with van der Waals surface area (Å²) in [4.78, 5) is 24.7. The number of aromatic nitrogens is 4. The molecule has 2 aromatic heterocycles. The summed E-state index contributed by atoms with van der Waals surface area (Å²) in [5.74, 6) is 0. The van der Waals surface area contributed by atoms with E-state index in [-0.39, 0.29) is 0 Å². The third-order valence-electron chi connectivity index (χ3n) is 5.73. The van der Waals surface area contributed by atoms with Gasteiger partial charge >= 0.3 is 6.09 Å². The van der Waals surface area contributed by atoms with Gasteiger partial charge in [0.1, 0.15) is 17.6 Å². The van der Waals surface area contributed by atoms with Gasteiger partial charge in [-0.2, -0.15) is 14.9 Å². The van der Waals surface area contributed by atoms with Crippen molar-refractivity contribution >= 4 is 30.1 Å². The second kappa shape index (κ2) is 10.3. The number of hydrogen-bond donors (Lipinski definition) is 0. The Morgan fingerprint density at radius 2 is 1.89 bits per heavy atom. The van der Waals surface area contributed by atoms with Crippen LogP contribution in [0.5, 0.6) is 0 Å². The topological polar surface area (TPSA) is 79.0 Å². The standard InChI is InChI=1S/C28H34N4O3/c1-9-18(2)13-25-24(14-19(3)23-12-10-11-21(17-33)20(23)4)26(22-15-29-31(8)16-22)30-32(25)27(34)35-28(5,6)7/h10-17H,9H2,1-8H3/b18-13+,19-14+. The second-order valence-corrected chi connectivity index (χ2v) is 9.75. The smallest absolute Gasteiger partial charge is 0.435 e. The molecule has 3 aromatic rings. The minimum atomic E-state index is -0.670. The Hall–Kier alpha value is -3.74. The molecule has 2 heterocycles. The number of allylic oxidation sites excluding steroid dienone is 2. The van der Waals surface area contributed by atoms with Crippen molar-refractivity contribution in [2.75, 3.05) is 0 Å². The number of aldehydes is 1. The van der Waals surface area contributed by atoms with E-state index in [1.165, 1.54) is 4.68 Å². The van der Waals surface area contributed by atoms with E-state index >= 15 is 0 Å². The maximum Gasteiger partial charge on any atom is 0.435 e. The van der Waals surface area contributed by atoms with Crippen molar-refractivity contribution in [1.29, 1.82) is 0 Å². The summed E-state index contributed by atoms with van der Waals surface area (Å²) in [7, 11) is 1.84. The average Bonchev–Trinajstić information content (AvgIpc) is 3.36. The van der Waals surface area contributed by atoms with Crippen LogP contribution in [0.25, 0.3) is 29.0 Å². The van der Waals surface area contributed by atoms with E-state index in [2.05, 4.69) is 12.0 Å². The molecule has 0 aliphatic carbocycles. The van der Waals surface area contributed by atoms with Crippen molar-refractivity contribution < 1.29 is 14.3 Å². The summed E-state index contributed by atoms with van der Waals surface area (Å²) < 4.78 is 8.71. The fourth-order valence-corrected chi connectivity index (χ4v) is 3.76. The Morgan fingerprint density at radius 1 is 1.17 bits per heavy atom. The van der Waals surface area contributed by atoms with Crippen LogP contribution in [0.3, 0.4) is 0 Å². The lowest BCUT2D eigenvalue weighted by atomic mass is 9.95. The molecule has 0 fully saturated rings. The largest absolute Gasteiger partial charge is 0.442 e. The summed E-state index contributed by atoms with van der Waals surface area (Å²) in [5.41, 5.74) is 6.72. The van der Waals surface area contributed by atoms with Crippen molar-refractivity contribution in [3.8, 4) is 11.3 Å². The molecule has 0 aliphatic heterocycles. The summed E-state index contributed by atoms with van der Waals surface area (Å²) in [6.07, 6.45) is 8.73. The third kappa shape index (κ3) is 5.85. The average molecular weight is 475 g/mol. The molecular weight excluding hydrogens is 440 g/mol. The number of carbonyl (C=O) groups is 2. The first kappa shape index (κ1) is 25.9. The first-order valence-electron chi connectivity index (χ1n) is 11.7. The monoisotopic (exact) mass is 474 g/mol. The zero-order valence-electron chi connectivity index (χ0n) is 21.8. The van der Waals surface area contributed by atoms with Crippen LogP contribution in [-0.4, -0.2) is 37.5 Å². The van der Waals surface area contributed by atoms with Gasteiger partial charge in [-0.25, -0.2) is 4.79 Å². The molecule has 184 valence electrons. The molecule has 3 rings (SSSR count). The predicted molar refractivity (Wildman–Crippen MR) is 140 cm³/mol. The Labute approximate surface area is 207 Å². The van der Waals surface area contributed by atoms with Gasteiger partial charge in [0.2, 0.25) is 0 Å². The van der Waals surface area contributed by atoms with Crippen LogP contribution in [0.2, 0.25) is 0 Å². The molecule has 0 saturated carbocycles. The molecule has 7 heteroatoms. The minimum Gasteiger partial charge on any atom is -0.442 e. The van der Waals surface area contributed by atoms with Crippen LogP contribution in [0.15, 0.2) is 36.2 Å². The molecule has 35 heavy (non-hydrogen) atoms. The molecule has 0 saturated heterocycles. The zero-order chi connectivity index (χ0) is 25.9. The molecule has 0 spiro atoms. The van der Waals surface area contributed by atoms with Gasteiger partial charge in [-0.1, -0.05) is 30.7 Å². The van der Waals surface area contributed by atoms with Crippen molar-refractivity contribution in [3.05, 3.63) is 64.1 Å². The van der Waals surface area contributed by atoms with Gasteiger partial charge in [0.15, 0.2) is 0 Å². The highest BCUT2D eigenvalue weighted by molar-refractivity contribution is 5.92. The molecule has 1 aromatic carbocycles. The van der Waals surface area contributed by atoms with E-state index in [1.807, 2.05) is 79.1 Å². The van der Waals surface area contributed by atoms with Crippen LogP contribution in [0, 0.1) is 6.92 Å². The maximum absolute atomic E-state index is 13.2. The van der Waals surface area contributed by atoms with Crippen molar-refractivity contribution in [2.24, 2.45) is 7.05 Å². The summed E-state index contributed by atoms with van der Waals surface area (Å²) in [5, 5.41) is 9.02. The van der Waals surface area contributed by atoms with Gasteiger partial charge in [-0.3, -0.25) is 9.48 Å². The van der Waals surface area contributed by atoms with E-state index in [1.54, 1.807) is 16.9 Å². The maximum atomic E-state index is 13.2. The summed E-state index contributed by atoms with van der Waals surface area (Å²) in [6.45, 7) is 13.5. The van der Waals surface area contributed by atoms with Crippen molar-refractivity contribution in [1.82, 2.24) is 19.6 Å². The number of ether oxygens (including phenoxy) is 1.